The molecule has 0 fully saturated rings. The lowest BCUT2D eigenvalue weighted by Crippen LogP contribution is -2.12. The van der Waals surface area contributed by atoms with Gasteiger partial charge in [0.2, 0.25) is 0 Å². The van der Waals surface area contributed by atoms with Gasteiger partial charge in [0.05, 0.1) is 6.04 Å². The van der Waals surface area contributed by atoms with Crippen LogP contribution < -0.4 is 10.5 Å². The first-order valence-electron chi connectivity index (χ1n) is 6.04. The fourth-order valence-corrected chi connectivity index (χ4v) is 1.94. The van der Waals surface area contributed by atoms with Crippen LogP contribution in [0.1, 0.15) is 22.7 Å². The molecule has 2 aromatic carbocycles. The van der Waals surface area contributed by atoms with E-state index in [4.69, 9.17) is 5.73 Å². The van der Waals surface area contributed by atoms with Crippen LogP contribution in [0.4, 0.5) is 13.2 Å². The van der Waals surface area contributed by atoms with Crippen LogP contribution in [0.3, 0.4) is 0 Å². The second kappa shape index (κ2) is 5.96. The van der Waals surface area contributed by atoms with Crippen LogP contribution in [-0.2, 0) is 0 Å². The molecule has 0 bridgehead atoms. The lowest BCUT2D eigenvalue weighted by Gasteiger charge is -2.15. The van der Waals surface area contributed by atoms with Gasteiger partial charge in [0.25, 0.3) is 0 Å². The Morgan fingerprint density at radius 3 is 2.40 bits per heavy atom. The maximum Gasteiger partial charge on any atom is 0.387 e. The van der Waals surface area contributed by atoms with Crippen molar-refractivity contribution in [2.45, 2.75) is 19.6 Å². The van der Waals surface area contributed by atoms with E-state index in [1.807, 2.05) is 0 Å². The highest BCUT2D eigenvalue weighted by Crippen LogP contribution is 2.25. The van der Waals surface area contributed by atoms with E-state index in [1.54, 1.807) is 31.2 Å². The maximum absolute atomic E-state index is 13.2. The van der Waals surface area contributed by atoms with Crippen LogP contribution in [0.2, 0.25) is 0 Å². The van der Waals surface area contributed by atoms with Crippen LogP contribution in [0.25, 0.3) is 0 Å². The van der Waals surface area contributed by atoms with Crippen molar-refractivity contribution in [2.24, 2.45) is 5.73 Å². The highest BCUT2D eigenvalue weighted by molar-refractivity contribution is 5.37. The number of rotatable bonds is 4. The Labute approximate surface area is 115 Å². The SMILES string of the molecule is Cc1cc(C(N)c2cccc(OC(F)F)c2)ccc1F. The summed E-state index contributed by atoms with van der Waals surface area (Å²) in [5.74, 6) is -0.262. The highest BCUT2D eigenvalue weighted by Gasteiger charge is 2.12. The van der Waals surface area contributed by atoms with E-state index in [0.717, 1.165) is 0 Å². The van der Waals surface area contributed by atoms with Crippen molar-refractivity contribution in [1.82, 2.24) is 0 Å². The van der Waals surface area contributed by atoms with E-state index in [1.165, 1.54) is 18.2 Å². The van der Waals surface area contributed by atoms with Crippen molar-refractivity contribution in [3.8, 4) is 5.75 Å². The molecule has 2 rings (SSSR count). The Kier molecular flexibility index (Phi) is 4.29. The number of halogens is 3. The second-order valence-corrected chi connectivity index (χ2v) is 4.44. The Balaban J connectivity index is 2.28. The van der Waals surface area contributed by atoms with Crippen LogP contribution in [0, 0.1) is 12.7 Å². The standard InChI is InChI=1S/C15H14F3NO/c1-9-7-11(5-6-13(9)16)14(19)10-3-2-4-12(8-10)20-15(17)18/h2-8,14-15H,19H2,1H3. The maximum atomic E-state index is 13.2. The van der Waals surface area contributed by atoms with Crippen LogP contribution in [0.5, 0.6) is 5.75 Å². The summed E-state index contributed by atoms with van der Waals surface area (Å²) in [5, 5.41) is 0. The highest BCUT2D eigenvalue weighted by atomic mass is 19.3. The number of hydrogen-bond acceptors (Lipinski definition) is 2. The van der Waals surface area contributed by atoms with Gasteiger partial charge in [0.1, 0.15) is 11.6 Å². The fraction of sp³-hybridized carbons (Fsp3) is 0.200. The Bertz CT molecular complexity index is 601. The van der Waals surface area contributed by atoms with Gasteiger partial charge in [0.15, 0.2) is 0 Å². The largest absolute Gasteiger partial charge is 0.435 e. The predicted molar refractivity (Wildman–Crippen MR) is 70.2 cm³/mol. The Morgan fingerprint density at radius 1 is 1.05 bits per heavy atom. The number of alkyl halides is 2. The Hall–Kier alpha value is -2.01. The average Bonchev–Trinajstić information content (AvgIpc) is 2.40. The second-order valence-electron chi connectivity index (χ2n) is 4.44. The molecule has 20 heavy (non-hydrogen) atoms. The van der Waals surface area contributed by atoms with E-state index >= 15 is 0 Å². The molecule has 0 saturated heterocycles. The minimum atomic E-state index is -2.88. The first-order valence-corrected chi connectivity index (χ1v) is 6.04. The predicted octanol–water partition coefficient (Wildman–Crippen LogP) is 3.78. The van der Waals surface area contributed by atoms with Gasteiger partial charge in [-0.05, 0) is 41.8 Å². The summed E-state index contributed by atoms with van der Waals surface area (Å²) < 4.78 is 41.9. The smallest absolute Gasteiger partial charge is 0.387 e. The molecule has 0 amide bonds. The third-order valence-corrected chi connectivity index (χ3v) is 2.98. The van der Waals surface area contributed by atoms with Gasteiger partial charge >= 0.3 is 6.61 Å². The van der Waals surface area contributed by atoms with Crippen molar-refractivity contribution >= 4 is 0 Å². The van der Waals surface area contributed by atoms with Gasteiger partial charge in [-0.1, -0.05) is 24.3 Å². The third-order valence-electron chi connectivity index (χ3n) is 2.98. The zero-order valence-electron chi connectivity index (χ0n) is 10.8. The van der Waals surface area contributed by atoms with Crippen molar-refractivity contribution in [3.05, 3.63) is 65.0 Å². The lowest BCUT2D eigenvalue weighted by molar-refractivity contribution is -0.0498. The summed E-state index contributed by atoms with van der Waals surface area (Å²) in [6.07, 6.45) is 0. The van der Waals surface area contributed by atoms with E-state index in [-0.39, 0.29) is 11.6 Å². The van der Waals surface area contributed by atoms with Crippen molar-refractivity contribution in [3.63, 3.8) is 0 Å². The molecule has 0 saturated carbocycles. The molecule has 0 aromatic heterocycles. The normalized spacial score (nSPS) is 12.5. The molecule has 5 heteroatoms. The molecule has 0 aliphatic carbocycles. The fourth-order valence-electron chi connectivity index (χ4n) is 1.94. The summed E-state index contributed by atoms with van der Waals surface area (Å²) in [6.45, 7) is -1.24. The first-order chi connectivity index (χ1) is 9.47. The number of benzene rings is 2. The summed E-state index contributed by atoms with van der Waals surface area (Å²) >= 11 is 0. The summed E-state index contributed by atoms with van der Waals surface area (Å²) in [5.41, 5.74) is 7.88. The average molecular weight is 281 g/mol. The quantitative estimate of drug-likeness (QED) is 0.925. The Morgan fingerprint density at radius 2 is 1.75 bits per heavy atom. The van der Waals surface area contributed by atoms with Crippen molar-refractivity contribution in [2.75, 3.05) is 0 Å². The number of ether oxygens (including phenoxy) is 1. The summed E-state index contributed by atoms with van der Waals surface area (Å²) in [6, 6.07) is 10.2. The van der Waals surface area contributed by atoms with Crippen molar-refractivity contribution in [1.29, 1.82) is 0 Å². The third kappa shape index (κ3) is 3.30. The van der Waals surface area contributed by atoms with E-state index in [9.17, 15) is 13.2 Å². The summed E-state index contributed by atoms with van der Waals surface area (Å²) in [4.78, 5) is 0. The zero-order valence-corrected chi connectivity index (χ0v) is 10.8. The molecule has 2 N–H and O–H groups in total. The summed E-state index contributed by atoms with van der Waals surface area (Å²) in [7, 11) is 0. The van der Waals surface area contributed by atoms with Gasteiger partial charge < -0.3 is 10.5 Å². The molecule has 1 unspecified atom stereocenters. The lowest BCUT2D eigenvalue weighted by atomic mass is 9.98. The molecular weight excluding hydrogens is 267 g/mol. The molecular formula is C15H14F3NO. The van der Waals surface area contributed by atoms with Crippen LogP contribution in [0.15, 0.2) is 42.5 Å². The minimum Gasteiger partial charge on any atom is -0.435 e. The van der Waals surface area contributed by atoms with Crippen molar-refractivity contribution < 1.29 is 17.9 Å². The molecule has 2 aromatic rings. The van der Waals surface area contributed by atoms with Gasteiger partial charge in [-0.15, -0.1) is 0 Å². The molecule has 0 aliphatic heterocycles. The van der Waals surface area contributed by atoms with Crippen LogP contribution >= 0.6 is 0 Å². The van der Waals surface area contributed by atoms with Gasteiger partial charge in [-0.2, -0.15) is 8.78 Å². The van der Waals surface area contributed by atoms with Gasteiger partial charge in [-0.25, -0.2) is 4.39 Å². The molecule has 2 nitrogen and oxygen atoms in total. The van der Waals surface area contributed by atoms with Crippen LogP contribution in [-0.4, -0.2) is 6.61 Å². The molecule has 0 heterocycles. The van der Waals surface area contributed by atoms with E-state index in [0.29, 0.717) is 16.7 Å². The topological polar surface area (TPSA) is 35.2 Å². The monoisotopic (exact) mass is 281 g/mol. The van der Waals surface area contributed by atoms with Gasteiger partial charge in [-0.3, -0.25) is 0 Å². The number of hydrogen-bond donors (Lipinski definition) is 1. The molecule has 0 spiro atoms. The molecule has 0 aliphatic rings. The minimum absolute atomic E-state index is 0.0479. The zero-order chi connectivity index (χ0) is 14.7. The van der Waals surface area contributed by atoms with Gasteiger partial charge in [0, 0.05) is 0 Å². The molecule has 0 radical (unpaired) electrons. The molecule has 106 valence electrons. The molecule has 1 atom stereocenters. The van der Waals surface area contributed by atoms with E-state index < -0.39 is 12.7 Å². The van der Waals surface area contributed by atoms with E-state index in [2.05, 4.69) is 4.74 Å². The first kappa shape index (κ1) is 14.4. The number of aryl methyl sites for hydroxylation is 1. The number of nitrogens with two attached hydrogens (primary N) is 1.